The van der Waals surface area contributed by atoms with Gasteiger partial charge in [-0.05, 0) is 82.2 Å². The monoisotopic (exact) mass is 431 g/mol. The molecule has 2 saturated heterocycles. The molecule has 0 unspecified atom stereocenters. The zero-order valence-electron chi connectivity index (χ0n) is 19.1. The van der Waals surface area contributed by atoms with Gasteiger partial charge in [0, 0.05) is 57.8 Å². The number of hydrogen-bond acceptors (Lipinski definition) is 4. The first-order valence-electron chi connectivity index (χ1n) is 12.9. The van der Waals surface area contributed by atoms with Crippen LogP contribution in [0.5, 0.6) is 0 Å². The second-order valence-electron chi connectivity index (χ2n) is 11.1. The maximum Gasteiger partial charge on any atom is 0.315 e. The summed E-state index contributed by atoms with van der Waals surface area (Å²) in [6, 6.07) is -0.0681. The van der Waals surface area contributed by atoms with E-state index in [1.54, 1.807) is 0 Å². The number of nitrogens with one attached hydrogen (secondary N) is 2. The Morgan fingerprint density at radius 2 is 1.32 bits per heavy atom. The average Bonchev–Trinajstić information content (AvgIpc) is 3.25. The number of rotatable bonds is 7. The van der Waals surface area contributed by atoms with Crippen LogP contribution in [0, 0.1) is 17.8 Å². The van der Waals surface area contributed by atoms with E-state index in [4.69, 9.17) is 0 Å². The summed E-state index contributed by atoms with van der Waals surface area (Å²) in [6.07, 6.45) is 10.7. The standard InChI is InChI=1S/C24H41N5O2/c30-22(29-11-9-28(10-12-29)8-7-27-5-1-2-6-27)3-4-25-23(31)26-24-16-19-13-20(17-24)15-21(14-19)18-24/h19-21H,1-18H2,(H2,25,26,31). The van der Waals surface area contributed by atoms with E-state index >= 15 is 0 Å². The topological polar surface area (TPSA) is 67.9 Å². The summed E-state index contributed by atoms with van der Waals surface area (Å²) >= 11 is 0. The largest absolute Gasteiger partial charge is 0.340 e. The van der Waals surface area contributed by atoms with Gasteiger partial charge in [0.15, 0.2) is 0 Å². The molecule has 0 atom stereocenters. The number of hydrogen-bond donors (Lipinski definition) is 2. The third kappa shape index (κ3) is 5.19. The molecule has 3 amide bonds. The highest BCUT2D eigenvalue weighted by atomic mass is 16.2. The van der Waals surface area contributed by atoms with Crippen molar-refractivity contribution in [3.05, 3.63) is 0 Å². The molecule has 2 heterocycles. The smallest absolute Gasteiger partial charge is 0.315 e. The highest BCUT2D eigenvalue weighted by Gasteiger charge is 2.51. The van der Waals surface area contributed by atoms with Gasteiger partial charge >= 0.3 is 6.03 Å². The molecule has 174 valence electrons. The van der Waals surface area contributed by atoms with Gasteiger partial charge in [0.1, 0.15) is 0 Å². The lowest BCUT2D eigenvalue weighted by Gasteiger charge is -2.56. The van der Waals surface area contributed by atoms with E-state index in [-0.39, 0.29) is 17.5 Å². The molecule has 2 N–H and O–H groups in total. The van der Waals surface area contributed by atoms with Crippen molar-refractivity contribution >= 4 is 11.9 Å². The minimum Gasteiger partial charge on any atom is -0.340 e. The molecule has 4 aliphatic carbocycles. The van der Waals surface area contributed by atoms with Gasteiger partial charge in [-0.2, -0.15) is 0 Å². The third-order valence-electron chi connectivity index (χ3n) is 8.70. The molecular weight excluding hydrogens is 390 g/mol. The summed E-state index contributed by atoms with van der Waals surface area (Å²) in [7, 11) is 0. The number of piperazine rings is 1. The van der Waals surface area contributed by atoms with Gasteiger partial charge in [-0.1, -0.05) is 0 Å². The summed E-state index contributed by atoms with van der Waals surface area (Å²) in [6.45, 7) is 8.80. The molecule has 0 aromatic carbocycles. The lowest BCUT2D eigenvalue weighted by molar-refractivity contribution is -0.132. The van der Waals surface area contributed by atoms with Gasteiger partial charge in [0.2, 0.25) is 5.91 Å². The van der Waals surface area contributed by atoms with Crippen LogP contribution in [-0.2, 0) is 4.79 Å². The first kappa shape index (κ1) is 21.5. The average molecular weight is 432 g/mol. The fourth-order valence-electron chi connectivity index (χ4n) is 7.50. The third-order valence-corrected chi connectivity index (χ3v) is 8.70. The summed E-state index contributed by atoms with van der Waals surface area (Å²) in [5.74, 6) is 2.64. The molecule has 7 heteroatoms. The predicted octanol–water partition coefficient (Wildman–Crippen LogP) is 1.88. The van der Waals surface area contributed by atoms with Crippen LogP contribution in [0.1, 0.15) is 57.8 Å². The zero-order chi connectivity index (χ0) is 21.3. The van der Waals surface area contributed by atoms with E-state index in [1.165, 1.54) is 45.2 Å². The summed E-state index contributed by atoms with van der Waals surface area (Å²) in [5.41, 5.74) is 0.0360. The van der Waals surface area contributed by atoms with Gasteiger partial charge < -0.3 is 20.4 Å². The number of likely N-dealkylation sites (tertiary alicyclic amines) is 1. The SMILES string of the molecule is O=C(NCCC(=O)N1CCN(CCN2CCCC2)CC1)NC12CC3CC(CC(C3)C1)C2. The number of nitrogens with zero attached hydrogens (tertiary/aromatic N) is 3. The van der Waals surface area contributed by atoms with Crippen molar-refractivity contribution in [2.75, 3.05) is 58.9 Å². The summed E-state index contributed by atoms with van der Waals surface area (Å²) in [4.78, 5) is 32.2. The minimum absolute atomic E-state index is 0.0360. The Labute approximate surface area is 187 Å². The van der Waals surface area contributed by atoms with Crippen LogP contribution in [0.3, 0.4) is 0 Å². The molecule has 2 aliphatic heterocycles. The Morgan fingerprint density at radius 1 is 0.774 bits per heavy atom. The zero-order valence-corrected chi connectivity index (χ0v) is 19.1. The van der Waals surface area contributed by atoms with Gasteiger partial charge in [0.25, 0.3) is 0 Å². The number of carbonyl (C=O) groups is 2. The Balaban J connectivity index is 0.976. The van der Waals surface area contributed by atoms with Crippen LogP contribution in [-0.4, -0.2) is 91.1 Å². The Kier molecular flexibility index (Phi) is 6.42. The van der Waals surface area contributed by atoms with Crippen LogP contribution < -0.4 is 10.6 Å². The van der Waals surface area contributed by atoms with E-state index in [9.17, 15) is 9.59 Å². The molecule has 0 radical (unpaired) electrons. The maximum atomic E-state index is 12.6. The molecule has 4 saturated carbocycles. The van der Waals surface area contributed by atoms with Gasteiger partial charge in [-0.15, -0.1) is 0 Å². The van der Waals surface area contributed by atoms with Crippen molar-refractivity contribution in [3.8, 4) is 0 Å². The first-order chi connectivity index (χ1) is 15.1. The van der Waals surface area contributed by atoms with Crippen molar-refractivity contribution in [1.82, 2.24) is 25.3 Å². The normalized spacial score (nSPS) is 35.5. The minimum atomic E-state index is -0.0681. The van der Waals surface area contributed by atoms with Gasteiger partial charge in [-0.25, -0.2) is 4.79 Å². The van der Waals surface area contributed by atoms with Crippen molar-refractivity contribution < 1.29 is 9.59 Å². The fourth-order valence-corrected chi connectivity index (χ4v) is 7.50. The van der Waals surface area contributed by atoms with Crippen molar-refractivity contribution in [3.63, 3.8) is 0 Å². The van der Waals surface area contributed by atoms with E-state index in [0.29, 0.717) is 13.0 Å². The van der Waals surface area contributed by atoms with E-state index in [0.717, 1.165) is 76.3 Å². The van der Waals surface area contributed by atoms with Crippen molar-refractivity contribution in [2.24, 2.45) is 17.8 Å². The van der Waals surface area contributed by atoms with Gasteiger partial charge in [0.05, 0.1) is 0 Å². The number of urea groups is 1. The Morgan fingerprint density at radius 3 is 1.90 bits per heavy atom. The second kappa shape index (κ2) is 9.26. The second-order valence-corrected chi connectivity index (χ2v) is 11.1. The summed E-state index contributed by atoms with van der Waals surface area (Å²) < 4.78 is 0. The summed E-state index contributed by atoms with van der Waals surface area (Å²) in [5, 5.41) is 6.31. The van der Waals surface area contributed by atoms with Crippen LogP contribution >= 0.6 is 0 Å². The lowest BCUT2D eigenvalue weighted by atomic mass is 9.53. The van der Waals surface area contributed by atoms with Crippen molar-refractivity contribution in [1.29, 1.82) is 0 Å². The molecular formula is C24H41N5O2. The molecule has 31 heavy (non-hydrogen) atoms. The van der Waals surface area contributed by atoms with Crippen LogP contribution in [0.15, 0.2) is 0 Å². The number of amides is 3. The molecule has 7 nitrogen and oxygen atoms in total. The molecule has 0 aromatic rings. The van der Waals surface area contributed by atoms with E-state index < -0.39 is 0 Å². The Bertz CT molecular complexity index is 619. The maximum absolute atomic E-state index is 12.6. The quantitative estimate of drug-likeness (QED) is 0.646. The van der Waals surface area contributed by atoms with Crippen LogP contribution in [0.25, 0.3) is 0 Å². The van der Waals surface area contributed by atoms with Crippen LogP contribution in [0.4, 0.5) is 4.79 Å². The molecule has 0 aromatic heterocycles. The Hall–Kier alpha value is -1.34. The van der Waals surface area contributed by atoms with Gasteiger partial charge in [-0.3, -0.25) is 9.69 Å². The molecule has 0 spiro atoms. The lowest BCUT2D eigenvalue weighted by Crippen LogP contribution is -2.61. The van der Waals surface area contributed by atoms with E-state index in [1.807, 2.05) is 4.90 Å². The first-order valence-corrected chi connectivity index (χ1v) is 12.9. The molecule has 6 aliphatic rings. The van der Waals surface area contributed by atoms with Crippen molar-refractivity contribution in [2.45, 2.75) is 63.3 Å². The number of carbonyl (C=O) groups excluding carboxylic acids is 2. The predicted molar refractivity (Wildman–Crippen MR) is 121 cm³/mol. The van der Waals surface area contributed by atoms with E-state index in [2.05, 4.69) is 20.4 Å². The highest BCUT2D eigenvalue weighted by molar-refractivity contribution is 5.78. The molecule has 4 bridgehead atoms. The molecule has 6 fully saturated rings. The molecule has 6 rings (SSSR count). The van der Waals surface area contributed by atoms with Crippen LogP contribution in [0.2, 0.25) is 0 Å². The highest BCUT2D eigenvalue weighted by Crippen LogP contribution is 2.55. The fraction of sp³-hybridized carbons (Fsp3) is 0.917.